The molecule has 1 fully saturated rings. The number of piperazine rings is 1. The molecule has 2 unspecified atom stereocenters. The van der Waals surface area contributed by atoms with Gasteiger partial charge in [0.2, 0.25) is 0 Å². The van der Waals surface area contributed by atoms with Crippen LogP contribution in [0.15, 0.2) is 42.5 Å². The number of hydrogen-bond donors (Lipinski definition) is 0. The van der Waals surface area contributed by atoms with Gasteiger partial charge in [-0.05, 0) is 48.6 Å². The number of hydrogen-bond acceptors (Lipinski definition) is 5. The summed E-state index contributed by atoms with van der Waals surface area (Å²) in [5.74, 6) is -0.370. The third kappa shape index (κ3) is 6.07. The highest BCUT2D eigenvalue weighted by atomic mass is 19.1. The summed E-state index contributed by atoms with van der Waals surface area (Å²) in [6.45, 7) is 11.6. The summed E-state index contributed by atoms with van der Waals surface area (Å²) < 4.78 is 18.8. The Morgan fingerprint density at radius 1 is 1.12 bits per heavy atom. The topological polar surface area (TPSA) is 75.9 Å². The monoisotopic (exact) mass is 457 g/mol. The second-order valence-electron chi connectivity index (χ2n) is 9.78. The van der Waals surface area contributed by atoms with E-state index in [1.807, 2.05) is 34.6 Å². The molecule has 8 heteroatoms. The van der Waals surface area contributed by atoms with Crippen LogP contribution in [0.25, 0.3) is 0 Å². The van der Waals surface area contributed by atoms with E-state index in [9.17, 15) is 19.3 Å². The Balaban J connectivity index is 1.63. The van der Waals surface area contributed by atoms with Crippen LogP contribution in [0, 0.1) is 15.9 Å². The Hall–Kier alpha value is -3.00. The van der Waals surface area contributed by atoms with Gasteiger partial charge >= 0.3 is 5.69 Å². The minimum absolute atomic E-state index is 0.0454. The number of benzene rings is 2. The van der Waals surface area contributed by atoms with Gasteiger partial charge in [0.15, 0.2) is 12.4 Å². The average molecular weight is 458 g/mol. The minimum Gasteiger partial charge on any atom is -0.477 e. The van der Waals surface area contributed by atoms with Gasteiger partial charge in [0.25, 0.3) is 5.91 Å². The van der Waals surface area contributed by atoms with Gasteiger partial charge < -0.3 is 9.64 Å². The molecule has 1 aliphatic rings. The Kier molecular flexibility index (Phi) is 7.37. The van der Waals surface area contributed by atoms with Crippen molar-refractivity contribution in [1.29, 1.82) is 0 Å². The molecule has 0 saturated carbocycles. The van der Waals surface area contributed by atoms with Gasteiger partial charge in [-0.2, -0.15) is 0 Å². The fraction of sp³-hybridized carbons (Fsp3) is 0.480. The molecule has 3 rings (SSSR count). The summed E-state index contributed by atoms with van der Waals surface area (Å²) in [5, 5.41) is 11.6. The van der Waals surface area contributed by atoms with E-state index in [2.05, 4.69) is 4.90 Å². The molecule has 1 saturated heterocycles. The predicted molar refractivity (Wildman–Crippen MR) is 125 cm³/mol. The first-order chi connectivity index (χ1) is 15.5. The molecular formula is C25H32FN3O4. The van der Waals surface area contributed by atoms with Gasteiger partial charge in [-0.1, -0.05) is 39.0 Å². The molecule has 2 aromatic rings. The minimum atomic E-state index is -0.478. The summed E-state index contributed by atoms with van der Waals surface area (Å²) >= 11 is 0. The van der Waals surface area contributed by atoms with Crippen molar-refractivity contribution in [3.05, 3.63) is 69.5 Å². The third-order valence-electron chi connectivity index (χ3n) is 6.11. The van der Waals surface area contributed by atoms with Crippen molar-refractivity contribution in [3.8, 4) is 5.75 Å². The van der Waals surface area contributed by atoms with E-state index in [-0.39, 0.29) is 47.3 Å². The molecule has 0 radical (unpaired) electrons. The molecule has 2 aromatic carbocycles. The zero-order chi connectivity index (χ0) is 24.3. The number of ether oxygens (including phenoxy) is 1. The lowest BCUT2D eigenvalue weighted by Crippen LogP contribution is -2.58. The molecule has 1 heterocycles. The molecule has 1 aliphatic heterocycles. The summed E-state index contributed by atoms with van der Waals surface area (Å²) in [7, 11) is 0. The van der Waals surface area contributed by atoms with Crippen LogP contribution in [0.1, 0.15) is 45.7 Å². The van der Waals surface area contributed by atoms with Crippen LogP contribution >= 0.6 is 0 Å². The van der Waals surface area contributed by atoms with Gasteiger partial charge in [-0.3, -0.25) is 19.8 Å². The van der Waals surface area contributed by atoms with E-state index in [0.29, 0.717) is 19.6 Å². The van der Waals surface area contributed by atoms with Crippen LogP contribution in [0.4, 0.5) is 10.1 Å². The molecule has 33 heavy (non-hydrogen) atoms. The molecule has 0 N–H and O–H groups in total. The van der Waals surface area contributed by atoms with E-state index >= 15 is 0 Å². The van der Waals surface area contributed by atoms with Crippen molar-refractivity contribution in [1.82, 2.24) is 9.80 Å². The Morgan fingerprint density at radius 3 is 2.39 bits per heavy atom. The number of halogens is 1. The van der Waals surface area contributed by atoms with Crippen molar-refractivity contribution < 1.29 is 18.8 Å². The van der Waals surface area contributed by atoms with Crippen LogP contribution < -0.4 is 4.74 Å². The first-order valence-electron chi connectivity index (χ1n) is 11.2. The fourth-order valence-electron chi connectivity index (χ4n) is 4.06. The number of carbonyl (C=O) groups excluding carboxylic acids is 1. The fourth-order valence-corrected chi connectivity index (χ4v) is 4.06. The summed E-state index contributed by atoms with van der Waals surface area (Å²) in [5.41, 5.74) is 1.47. The number of amides is 1. The van der Waals surface area contributed by atoms with Crippen molar-refractivity contribution in [2.75, 3.05) is 19.7 Å². The standard InChI is InChI=1S/C25H32FN3O4/c1-17-14-28(18(2)13-27(17)15-19-6-9-21(26)10-7-19)24(30)16-33-23-11-8-20(25(3,4)5)12-22(23)29(31)32/h6-12,17-18H,13-16H2,1-5H3. The smallest absolute Gasteiger partial charge is 0.311 e. The van der Waals surface area contributed by atoms with Gasteiger partial charge in [0, 0.05) is 37.8 Å². The highest BCUT2D eigenvalue weighted by molar-refractivity contribution is 5.78. The highest BCUT2D eigenvalue weighted by Crippen LogP contribution is 2.33. The molecule has 178 valence electrons. The largest absolute Gasteiger partial charge is 0.477 e. The maximum absolute atomic E-state index is 13.2. The van der Waals surface area contributed by atoms with E-state index < -0.39 is 4.92 Å². The van der Waals surface area contributed by atoms with Crippen LogP contribution in [-0.4, -0.2) is 52.4 Å². The zero-order valence-electron chi connectivity index (χ0n) is 19.9. The second-order valence-corrected chi connectivity index (χ2v) is 9.78. The van der Waals surface area contributed by atoms with E-state index in [4.69, 9.17) is 4.74 Å². The lowest BCUT2D eigenvalue weighted by Gasteiger charge is -2.44. The summed E-state index contributed by atoms with van der Waals surface area (Å²) in [4.78, 5) is 28.0. The molecule has 0 aromatic heterocycles. The number of nitro groups is 1. The molecule has 0 bridgehead atoms. The molecule has 1 amide bonds. The van der Waals surface area contributed by atoms with Gasteiger partial charge in [-0.15, -0.1) is 0 Å². The maximum atomic E-state index is 13.2. The van der Waals surface area contributed by atoms with Crippen molar-refractivity contribution in [2.45, 2.75) is 58.7 Å². The van der Waals surface area contributed by atoms with Crippen LogP contribution in [-0.2, 0) is 16.8 Å². The lowest BCUT2D eigenvalue weighted by atomic mass is 9.87. The normalized spacial score (nSPS) is 19.4. The van der Waals surface area contributed by atoms with Gasteiger partial charge in [-0.25, -0.2) is 4.39 Å². The maximum Gasteiger partial charge on any atom is 0.311 e. The summed E-state index contributed by atoms with van der Waals surface area (Å²) in [6, 6.07) is 11.4. The number of nitrogens with zero attached hydrogens (tertiary/aromatic N) is 3. The summed E-state index contributed by atoms with van der Waals surface area (Å²) in [6.07, 6.45) is 0. The first kappa shape index (κ1) is 24.6. The number of rotatable bonds is 6. The van der Waals surface area contributed by atoms with Gasteiger partial charge in [0.1, 0.15) is 5.82 Å². The zero-order valence-corrected chi connectivity index (χ0v) is 19.9. The third-order valence-corrected chi connectivity index (χ3v) is 6.11. The van der Waals surface area contributed by atoms with Gasteiger partial charge in [0.05, 0.1) is 4.92 Å². The van der Waals surface area contributed by atoms with Crippen LogP contribution in [0.2, 0.25) is 0 Å². The molecule has 2 atom stereocenters. The molecule has 7 nitrogen and oxygen atoms in total. The van der Waals surface area contributed by atoms with E-state index in [1.165, 1.54) is 18.2 Å². The second kappa shape index (κ2) is 9.87. The van der Waals surface area contributed by atoms with Crippen molar-refractivity contribution in [2.24, 2.45) is 0 Å². The Labute approximate surface area is 194 Å². The Bertz CT molecular complexity index is 1000. The first-order valence-corrected chi connectivity index (χ1v) is 11.2. The van der Waals surface area contributed by atoms with Crippen molar-refractivity contribution in [3.63, 3.8) is 0 Å². The number of nitro benzene ring substituents is 1. The van der Waals surface area contributed by atoms with Crippen molar-refractivity contribution >= 4 is 11.6 Å². The molecule has 0 spiro atoms. The van der Waals surface area contributed by atoms with E-state index in [1.54, 1.807) is 29.2 Å². The number of carbonyl (C=O) groups is 1. The lowest BCUT2D eigenvalue weighted by molar-refractivity contribution is -0.385. The quantitative estimate of drug-likeness (QED) is 0.471. The highest BCUT2D eigenvalue weighted by Gasteiger charge is 2.32. The SMILES string of the molecule is CC1CN(C(=O)COc2ccc(C(C)(C)C)cc2[N+](=O)[O-])C(C)CN1Cc1ccc(F)cc1. The Morgan fingerprint density at radius 2 is 1.79 bits per heavy atom. The molecule has 0 aliphatic carbocycles. The molecular weight excluding hydrogens is 425 g/mol. The van der Waals surface area contributed by atoms with E-state index in [0.717, 1.165) is 11.1 Å². The van der Waals surface area contributed by atoms with Crippen LogP contribution in [0.5, 0.6) is 5.75 Å². The average Bonchev–Trinajstić information content (AvgIpc) is 2.75. The van der Waals surface area contributed by atoms with Crippen LogP contribution in [0.3, 0.4) is 0 Å². The predicted octanol–water partition coefficient (Wildman–Crippen LogP) is 4.53.